The minimum atomic E-state index is -0.685. The highest BCUT2D eigenvalue weighted by atomic mass is 19.1. The smallest absolute Gasteiger partial charge is 0.251 e. The van der Waals surface area contributed by atoms with E-state index in [1.165, 1.54) is 30.0 Å². The molecule has 0 spiro atoms. The number of anilines is 1. The second-order valence-electron chi connectivity index (χ2n) is 10.5. The van der Waals surface area contributed by atoms with Crippen molar-refractivity contribution in [3.8, 4) is 22.3 Å². The van der Waals surface area contributed by atoms with Crippen LogP contribution in [0.1, 0.15) is 58.6 Å². The van der Waals surface area contributed by atoms with Crippen LogP contribution in [0.2, 0.25) is 0 Å². The van der Waals surface area contributed by atoms with Crippen LogP contribution in [0.3, 0.4) is 0 Å². The summed E-state index contributed by atoms with van der Waals surface area (Å²) in [5.41, 5.74) is 11.2. The van der Waals surface area contributed by atoms with Crippen molar-refractivity contribution in [1.29, 1.82) is 0 Å². The molecule has 198 valence electrons. The maximum Gasteiger partial charge on any atom is 0.251 e. The lowest BCUT2D eigenvalue weighted by Crippen LogP contribution is -2.32. The lowest BCUT2D eigenvalue weighted by atomic mass is 9.86. The van der Waals surface area contributed by atoms with Crippen molar-refractivity contribution in [2.45, 2.75) is 44.6 Å². The molecule has 8 heteroatoms. The Bertz CT molecular complexity index is 1380. The van der Waals surface area contributed by atoms with Gasteiger partial charge < -0.3 is 15.8 Å². The topological polar surface area (TPSA) is 80.5 Å². The third kappa shape index (κ3) is 4.78. The summed E-state index contributed by atoms with van der Waals surface area (Å²) in [7, 11) is 0. The highest BCUT2D eigenvalue weighted by Gasteiger charge is 2.25. The Labute approximate surface area is 221 Å². The van der Waals surface area contributed by atoms with Gasteiger partial charge in [-0.25, -0.2) is 9.37 Å². The molecule has 0 radical (unpaired) electrons. The number of nitrogens with zero attached hydrogens (tertiary/aromatic N) is 2. The van der Waals surface area contributed by atoms with Gasteiger partial charge in [0, 0.05) is 48.6 Å². The Morgan fingerprint density at radius 1 is 1.00 bits per heavy atom. The van der Waals surface area contributed by atoms with E-state index in [1.807, 2.05) is 6.07 Å². The number of benzene rings is 2. The predicted molar refractivity (Wildman–Crippen MR) is 143 cm³/mol. The summed E-state index contributed by atoms with van der Waals surface area (Å²) < 4.78 is 36.1. The van der Waals surface area contributed by atoms with Crippen molar-refractivity contribution in [1.82, 2.24) is 15.2 Å². The molecule has 38 heavy (non-hydrogen) atoms. The van der Waals surface area contributed by atoms with E-state index in [4.69, 9.17) is 10.5 Å². The number of fused-ring (bicyclic) bond motifs is 1. The number of hydrogen-bond acceptors (Lipinski definition) is 5. The highest BCUT2D eigenvalue weighted by molar-refractivity contribution is 5.97. The van der Waals surface area contributed by atoms with Gasteiger partial charge in [-0.1, -0.05) is 12.1 Å². The van der Waals surface area contributed by atoms with Gasteiger partial charge in [-0.05, 0) is 97.6 Å². The fourth-order valence-corrected chi connectivity index (χ4v) is 6.07. The molecule has 0 bridgehead atoms. The molecule has 0 unspecified atom stereocenters. The van der Waals surface area contributed by atoms with E-state index in [0.717, 1.165) is 51.3 Å². The normalized spacial score (nSPS) is 18.4. The maximum absolute atomic E-state index is 15.3. The molecule has 1 aromatic heterocycles. The van der Waals surface area contributed by atoms with Crippen LogP contribution in [0.25, 0.3) is 22.3 Å². The standard InChI is InChI=1S/C30H32F2N4O2/c31-27-16-24-20(5-8-34-30(24)37)14-25(27)26-15-23(28(32)35-29(26)33)19-3-4-22(18-6-11-38-12-7-18)21(13-19)17-36-9-1-2-10-36/h3-4,13-16,18H,1-2,5-12,17H2,(H2,33,35)(H,34,37). The second-order valence-corrected chi connectivity index (χ2v) is 10.5. The first-order chi connectivity index (χ1) is 18.5. The SMILES string of the molecule is Nc1nc(F)c(-c2ccc(C3CCOCC3)c(CN3CCCC3)c2)cc1-c1cc2c(cc1F)C(=O)NCC2. The summed E-state index contributed by atoms with van der Waals surface area (Å²) in [6.45, 7) is 4.94. The van der Waals surface area contributed by atoms with Crippen molar-refractivity contribution in [2.75, 3.05) is 38.6 Å². The van der Waals surface area contributed by atoms with Crippen LogP contribution in [-0.4, -0.2) is 48.6 Å². The second kappa shape index (κ2) is 10.4. The lowest BCUT2D eigenvalue weighted by Gasteiger charge is -2.27. The molecular formula is C30H32F2N4O2. The monoisotopic (exact) mass is 518 g/mol. The quantitative estimate of drug-likeness (QED) is 0.462. The molecule has 2 saturated heterocycles. The molecule has 0 saturated carbocycles. The van der Waals surface area contributed by atoms with E-state index >= 15 is 8.78 Å². The predicted octanol–water partition coefficient (Wildman–Crippen LogP) is 5.05. The molecule has 2 fully saturated rings. The van der Waals surface area contributed by atoms with Crippen LogP contribution in [-0.2, 0) is 17.7 Å². The van der Waals surface area contributed by atoms with Gasteiger partial charge in [-0.2, -0.15) is 4.39 Å². The van der Waals surface area contributed by atoms with Gasteiger partial charge in [0.05, 0.1) is 0 Å². The number of carbonyl (C=O) groups excluding carboxylic acids is 1. The summed E-state index contributed by atoms with van der Waals surface area (Å²) in [6.07, 6.45) is 4.93. The number of pyridine rings is 1. The van der Waals surface area contributed by atoms with Crippen LogP contribution >= 0.6 is 0 Å². The zero-order valence-corrected chi connectivity index (χ0v) is 21.4. The summed E-state index contributed by atoms with van der Waals surface area (Å²) in [5.74, 6) is -1.23. The minimum Gasteiger partial charge on any atom is -0.383 e. The zero-order valence-electron chi connectivity index (χ0n) is 21.4. The fourth-order valence-electron chi connectivity index (χ4n) is 6.07. The number of amides is 1. The Morgan fingerprint density at radius 3 is 2.58 bits per heavy atom. The summed E-state index contributed by atoms with van der Waals surface area (Å²) in [6, 6.07) is 10.6. The number of hydrogen-bond donors (Lipinski definition) is 2. The van der Waals surface area contributed by atoms with E-state index in [0.29, 0.717) is 35.6 Å². The van der Waals surface area contributed by atoms with Crippen LogP contribution in [0, 0.1) is 11.8 Å². The number of likely N-dealkylation sites (tertiary alicyclic amines) is 1. The average Bonchev–Trinajstić information content (AvgIpc) is 3.43. The van der Waals surface area contributed by atoms with E-state index in [1.54, 1.807) is 12.1 Å². The highest BCUT2D eigenvalue weighted by Crippen LogP contribution is 2.37. The van der Waals surface area contributed by atoms with Gasteiger partial charge >= 0.3 is 0 Å². The Morgan fingerprint density at radius 2 is 1.79 bits per heavy atom. The number of rotatable bonds is 5. The first-order valence-electron chi connectivity index (χ1n) is 13.5. The van der Waals surface area contributed by atoms with E-state index in [9.17, 15) is 4.79 Å². The molecule has 6 nitrogen and oxygen atoms in total. The molecule has 3 aromatic rings. The third-order valence-corrected chi connectivity index (χ3v) is 8.12. The molecule has 2 aromatic carbocycles. The fraction of sp³-hybridized carbons (Fsp3) is 0.400. The molecule has 3 aliphatic heterocycles. The lowest BCUT2D eigenvalue weighted by molar-refractivity contribution is 0.0850. The maximum atomic E-state index is 15.3. The molecule has 6 rings (SSSR count). The zero-order chi connectivity index (χ0) is 26.2. The van der Waals surface area contributed by atoms with E-state index in [2.05, 4.69) is 27.3 Å². The van der Waals surface area contributed by atoms with E-state index < -0.39 is 11.8 Å². The number of halogens is 2. The summed E-state index contributed by atoms with van der Waals surface area (Å²) in [4.78, 5) is 18.6. The van der Waals surface area contributed by atoms with Crippen LogP contribution in [0.15, 0.2) is 36.4 Å². The Kier molecular flexibility index (Phi) is 6.84. The van der Waals surface area contributed by atoms with Gasteiger partial charge in [-0.15, -0.1) is 0 Å². The van der Waals surface area contributed by atoms with Crippen molar-refractivity contribution in [3.63, 3.8) is 0 Å². The van der Waals surface area contributed by atoms with Gasteiger partial charge in [-0.3, -0.25) is 9.69 Å². The summed E-state index contributed by atoms with van der Waals surface area (Å²) in [5, 5.41) is 2.73. The van der Waals surface area contributed by atoms with Crippen LogP contribution in [0.5, 0.6) is 0 Å². The summed E-state index contributed by atoms with van der Waals surface area (Å²) >= 11 is 0. The molecule has 4 heterocycles. The van der Waals surface area contributed by atoms with Gasteiger partial charge in [0.2, 0.25) is 5.95 Å². The van der Waals surface area contributed by atoms with Crippen LogP contribution in [0.4, 0.5) is 14.6 Å². The molecule has 0 atom stereocenters. The first kappa shape index (κ1) is 24.9. The third-order valence-electron chi connectivity index (χ3n) is 8.12. The van der Waals surface area contributed by atoms with Gasteiger partial charge in [0.25, 0.3) is 5.91 Å². The number of carbonyl (C=O) groups is 1. The number of nitrogens with one attached hydrogen (secondary N) is 1. The number of ether oxygens (including phenoxy) is 1. The minimum absolute atomic E-state index is 0.0820. The molecular weight excluding hydrogens is 486 g/mol. The average molecular weight is 519 g/mol. The van der Waals surface area contributed by atoms with Gasteiger partial charge in [0.1, 0.15) is 11.6 Å². The van der Waals surface area contributed by atoms with E-state index in [-0.39, 0.29) is 22.9 Å². The van der Waals surface area contributed by atoms with Gasteiger partial charge in [0.15, 0.2) is 0 Å². The molecule has 0 aliphatic carbocycles. The first-order valence-corrected chi connectivity index (χ1v) is 13.5. The molecule has 3 N–H and O–H groups in total. The van der Waals surface area contributed by atoms with Crippen molar-refractivity contribution >= 4 is 11.7 Å². The van der Waals surface area contributed by atoms with Crippen molar-refractivity contribution in [3.05, 3.63) is 70.4 Å². The van der Waals surface area contributed by atoms with Crippen molar-refractivity contribution < 1.29 is 18.3 Å². The van der Waals surface area contributed by atoms with Crippen molar-refractivity contribution in [2.24, 2.45) is 0 Å². The molecule has 1 amide bonds. The Balaban J connectivity index is 1.42. The number of aromatic nitrogens is 1. The van der Waals surface area contributed by atoms with Crippen LogP contribution < -0.4 is 11.1 Å². The number of nitrogen functional groups attached to an aromatic ring is 1. The number of nitrogens with two attached hydrogens (primary N) is 1. The largest absolute Gasteiger partial charge is 0.383 e. The Hall–Kier alpha value is -3.36. The molecule has 3 aliphatic rings.